The Labute approximate surface area is 148 Å². The number of rotatable bonds is 5. The van der Waals surface area contributed by atoms with Crippen LogP contribution in [-0.4, -0.2) is 47.7 Å². The molecule has 1 aliphatic rings. The molecule has 1 aliphatic heterocycles. The lowest BCUT2D eigenvalue weighted by atomic mass is 10.1. The lowest BCUT2D eigenvalue weighted by Crippen LogP contribution is -2.37. The van der Waals surface area contributed by atoms with Gasteiger partial charge in [0.1, 0.15) is 0 Å². The summed E-state index contributed by atoms with van der Waals surface area (Å²) in [7, 11) is -2.95. The van der Waals surface area contributed by atoms with Crippen LogP contribution < -0.4 is 10.2 Å². The van der Waals surface area contributed by atoms with E-state index in [0.29, 0.717) is 24.7 Å². The highest BCUT2D eigenvalue weighted by Gasteiger charge is 2.32. The number of aryl methyl sites for hydroxylation is 2. The normalized spacial score (nSPS) is 18.9. The van der Waals surface area contributed by atoms with Crippen LogP contribution in [0.3, 0.4) is 0 Å². The molecule has 1 atom stereocenters. The molecular weight excluding hydrogens is 338 g/mol. The van der Waals surface area contributed by atoms with Gasteiger partial charge in [-0.3, -0.25) is 0 Å². The Morgan fingerprint density at radius 1 is 1.28 bits per heavy atom. The van der Waals surface area contributed by atoms with Gasteiger partial charge >= 0.3 is 0 Å². The SMILES string of the molecule is CCN(c1cnnc(Nc2ccc(C)c(C)c2)n1)C1CCS(=O)(=O)C1. The molecular formula is C17H23N5O2S. The van der Waals surface area contributed by atoms with Gasteiger partial charge in [-0.15, -0.1) is 5.10 Å². The number of nitrogens with one attached hydrogen (secondary N) is 1. The van der Waals surface area contributed by atoms with E-state index in [1.54, 1.807) is 6.20 Å². The molecule has 134 valence electrons. The largest absolute Gasteiger partial charge is 0.351 e. The van der Waals surface area contributed by atoms with E-state index < -0.39 is 9.84 Å². The average molecular weight is 361 g/mol. The maximum atomic E-state index is 11.8. The summed E-state index contributed by atoms with van der Waals surface area (Å²) in [5.41, 5.74) is 3.30. The van der Waals surface area contributed by atoms with Gasteiger partial charge in [-0.1, -0.05) is 6.07 Å². The molecule has 1 unspecified atom stereocenters. The molecule has 0 aliphatic carbocycles. The highest BCUT2D eigenvalue weighted by molar-refractivity contribution is 7.91. The molecule has 3 rings (SSSR count). The summed E-state index contributed by atoms with van der Waals surface area (Å²) < 4.78 is 23.5. The topological polar surface area (TPSA) is 88.1 Å². The summed E-state index contributed by atoms with van der Waals surface area (Å²) in [6.45, 7) is 6.77. The highest BCUT2D eigenvalue weighted by Crippen LogP contribution is 2.23. The Bertz CT molecular complexity index is 869. The zero-order valence-electron chi connectivity index (χ0n) is 14.7. The summed E-state index contributed by atoms with van der Waals surface area (Å²) in [5, 5.41) is 11.2. The lowest BCUT2D eigenvalue weighted by molar-refractivity contribution is 0.599. The lowest BCUT2D eigenvalue weighted by Gasteiger charge is -2.27. The van der Waals surface area contributed by atoms with Crippen molar-refractivity contribution in [3.63, 3.8) is 0 Å². The van der Waals surface area contributed by atoms with Crippen molar-refractivity contribution < 1.29 is 8.42 Å². The Morgan fingerprint density at radius 2 is 2.08 bits per heavy atom. The number of hydrogen-bond acceptors (Lipinski definition) is 7. The molecule has 2 heterocycles. The monoisotopic (exact) mass is 361 g/mol. The molecule has 2 aromatic rings. The fourth-order valence-corrected chi connectivity index (χ4v) is 4.79. The molecule has 0 amide bonds. The maximum Gasteiger partial charge on any atom is 0.249 e. The van der Waals surface area contributed by atoms with E-state index >= 15 is 0 Å². The Kier molecular flexibility index (Phi) is 4.89. The minimum Gasteiger partial charge on any atom is -0.351 e. The Morgan fingerprint density at radius 3 is 2.72 bits per heavy atom. The van der Waals surface area contributed by atoms with Gasteiger partial charge in [0.2, 0.25) is 5.95 Å². The molecule has 1 saturated heterocycles. The maximum absolute atomic E-state index is 11.8. The van der Waals surface area contributed by atoms with Gasteiger partial charge in [0, 0.05) is 18.3 Å². The standard InChI is InChI=1S/C17H23N5O2S/c1-4-22(15-7-8-25(23,24)11-15)16-10-18-21-17(20-16)19-14-6-5-12(2)13(3)9-14/h5-6,9-10,15H,4,7-8,11H2,1-3H3,(H,19,20,21). The van der Waals surface area contributed by atoms with Crippen molar-refractivity contribution in [3.05, 3.63) is 35.5 Å². The predicted molar refractivity (Wildman–Crippen MR) is 99.1 cm³/mol. The fourth-order valence-electron chi connectivity index (χ4n) is 3.06. The minimum atomic E-state index is -2.95. The van der Waals surface area contributed by atoms with E-state index in [0.717, 1.165) is 5.69 Å². The van der Waals surface area contributed by atoms with Gasteiger partial charge in [0.25, 0.3) is 0 Å². The second-order valence-electron chi connectivity index (χ2n) is 6.41. The quantitative estimate of drug-likeness (QED) is 0.874. The number of hydrogen-bond donors (Lipinski definition) is 1. The molecule has 8 heteroatoms. The second-order valence-corrected chi connectivity index (χ2v) is 8.63. The third kappa shape index (κ3) is 4.07. The average Bonchev–Trinajstić information content (AvgIpc) is 2.92. The highest BCUT2D eigenvalue weighted by atomic mass is 32.2. The Hall–Kier alpha value is -2.22. The van der Waals surface area contributed by atoms with E-state index in [1.165, 1.54) is 11.1 Å². The van der Waals surface area contributed by atoms with Crippen LogP contribution in [0, 0.1) is 13.8 Å². The van der Waals surface area contributed by atoms with Gasteiger partial charge < -0.3 is 10.2 Å². The number of sulfone groups is 1. The van der Waals surface area contributed by atoms with Crippen molar-refractivity contribution >= 4 is 27.3 Å². The molecule has 0 radical (unpaired) electrons. The summed E-state index contributed by atoms with van der Waals surface area (Å²) in [6.07, 6.45) is 2.21. The first-order valence-electron chi connectivity index (χ1n) is 8.39. The predicted octanol–water partition coefficient (Wildman–Crippen LogP) is 2.25. The van der Waals surface area contributed by atoms with Crippen molar-refractivity contribution in [3.8, 4) is 0 Å². The van der Waals surface area contributed by atoms with Crippen LogP contribution in [0.5, 0.6) is 0 Å². The molecule has 1 N–H and O–H groups in total. The van der Waals surface area contributed by atoms with Gasteiger partial charge in [-0.05, 0) is 50.5 Å². The zero-order chi connectivity index (χ0) is 18.0. The van der Waals surface area contributed by atoms with Crippen molar-refractivity contribution in [1.29, 1.82) is 0 Å². The van der Waals surface area contributed by atoms with E-state index in [2.05, 4.69) is 34.3 Å². The van der Waals surface area contributed by atoms with Crippen LogP contribution in [0.2, 0.25) is 0 Å². The van der Waals surface area contributed by atoms with Gasteiger partial charge in [0.15, 0.2) is 15.7 Å². The molecule has 0 bridgehead atoms. The van der Waals surface area contributed by atoms with E-state index in [1.807, 2.05) is 30.0 Å². The van der Waals surface area contributed by atoms with Crippen LogP contribution in [0.25, 0.3) is 0 Å². The van der Waals surface area contributed by atoms with Crippen LogP contribution in [0.1, 0.15) is 24.5 Å². The van der Waals surface area contributed by atoms with Crippen molar-refractivity contribution in [2.24, 2.45) is 0 Å². The van der Waals surface area contributed by atoms with E-state index in [4.69, 9.17) is 0 Å². The number of anilines is 3. The third-order valence-corrected chi connectivity index (χ3v) is 6.34. The molecule has 1 aromatic heterocycles. The molecule has 0 spiro atoms. The first-order valence-corrected chi connectivity index (χ1v) is 10.2. The summed E-state index contributed by atoms with van der Waals surface area (Å²) >= 11 is 0. The Balaban J connectivity index is 1.81. The van der Waals surface area contributed by atoms with Crippen LogP contribution >= 0.6 is 0 Å². The van der Waals surface area contributed by atoms with Crippen LogP contribution in [0.15, 0.2) is 24.4 Å². The number of nitrogens with zero attached hydrogens (tertiary/aromatic N) is 4. The molecule has 1 aromatic carbocycles. The van der Waals surface area contributed by atoms with Crippen molar-refractivity contribution in [2.75, 3.05) is 28.3 Å². The minimum absolute atomic E-state index is 0.0545. The first kappa shape index (κ1) is 17.6. The molecule has 0 saturated carbocycles. The van der Waals surface area contributed by atoms with Gasteiger partial charge in [-0.2, -0.15) is 10.1 Å². The van der Waals surface area contributed by atoms with Crippen molar-refractivity contribution in [1.82, 2.24) is 15.2 Å². The third-order valence-electron chi connectivity index (χ3n) is 4.59. The first-order chi connectivity index (χ1) is 11.9. The second kappa shape index (κ2) is 6.95. The number of benzene rings is 1. The van der Waals surface area contributed by atoms with Gasteiger partial charge in [-0.25, -0.2) is 8.42 Å². The summed E-state index contributed by atoms with van der Waals surface area (Å²) in [6, 6.07) is 5.99. The number of aromatic nitrogens is 3. The van der Waals surface area contributed by atoms with Crippen LogP contribution in [0.4, 0.5) is 17.5 Å². The van der Waals surface area contributed by atoms with Gasteiger partial charge in [0.05, 0.1) is 17.7 Å². The van der Waals surface area contributed by atoms with Crippen LogP contribution in [-0.2, 0) is 9.84 Å². The molecule has 1 fully saturated rings. The molecule has 25 heavy (non-hydrogen) atoms. The summed E-state index contributed by atoms with van der Waals surface area (Å²) in [4.78, 5) is 6.52. The summed E-state index contributed by atoms with van der Waals surface area (Å²) in [5.74, 6) is 1.46. The molecule has 7 nitrogen and oxygen atoms in total. The van der Waals surface area contributed by atoms with Crippen molar-refractivity contribution in [2.45, 2.75) is 33.2 Å². The van der Waals surface area contributed by atoms with E-state index in [-0.39, 0.29) is 17.5 Å². The fraction of sp³-hybridized carbons (Fsp3) is 0.471. The van der Waals surface area contributed by atoms with E-state index in [9.17, 15) is 8.42 Å². The smallest absolute Gasteiger partial charge is 0.249 e. The zero-order valence-corrected chi connectivity index (χ0v) is 15.5.